The maximum atomic E-state index is 5.75. The predicted octanol–water partition coefficient (Wildman–Crippen LogP) is 3.59. The molecule has 1 aromatic rings. The van der Waals surface area contributed by atoms with Crippen LogP contribution in [0.5, 0.6) is 0 Å². The second-order valence-corrected chi connectivity index (χ2v) is 3.56. The molecule has 0 atom stereocenters. The normalized spacial score (nSPS) is 10.1. The standard InChI is InChI=1S/C6H4Cl4N2/c7-2-1-3(8)5(10)6(12-11)4(2)9/h1,12H,11H2. The van der Waals surface area contributed by atoms with E-state index in [-0.39, 0.29) is 10.0 Å². The maximum Gasteiger partial charge on any atom is 0.0891 e. The first-order valence-electron chi connectivity index (χ1n) is 2.87. The topological polar surface area (TPSA) is 38.0 Å². The minimum Gasteiger partial charge on any atom is -0.321 e. The predicted molar refractivity (Wildman–Crippen MR) is 54.3 cm³/mol. The number of anilines is 1. The van der Waals surface area contributed by atoms with Crippen LogP contribution in [0.3, 0.4) is 0 Å². The van der Waals surface area contributed by atoms with Gasteiger partial charge in [-0.1, -0.05) is 46.4 Å². The highest BCUT2D eigenvalue weighted by molar-refractivity contribution is 6.50. The molecule has 12 heavy (non-hydrogen) atoms. The van der Waals surface area contributed by atoms with Crippen LogP contribution >= 0.6 is 46.4 Å². The molecule has 1 aromatic carbocycles. The lowest BCUT2D eigenvalue weighted by atomic mass is 10.3. The van der Waals surface area contributed by atoms with Crippen molar-refractivity contribution in [2.24, 2.45) is 5.84 Å². The summed E-state index contributed by atoms with van der Waals surface area (Å²) in [5, 5.41) is 1.13. The summed E-state index contributed by atoms with van der Waals surface area (Å²) in [5.41, 5.74) is 2.64. The fourth-order valence-corrected chi connectivity index (χ4v) is 1.62. The van der Waals surface area contributed by atoms with E-state index in [1.165, 1.54) is 6.07 Å². The first-order valence-corrected chi connectivity index (χ1v) is 4.38. The van der Waals surface area contributed by atoms with Crippen molar-refractivity contribution in [2.45, 2.75) is 0 Å². The lowest BCUT2D eigenvalue weighted by Crippen LogP contribution is -2.08. The number of halogens is 4. The summed E-state index contributed by atoms with van der Waals surface area (Å²) >= 11 is 22.9. The second-order valence-electron chi connectivity index (χ2n) is 1.99. The van der Waals surface area contributed by atoms with Gasteiger partial charge in [0.1, 0.15) is 0 Å². The van der Waals surface area contributed by atoms with Crippen molar-refractivity contribution in [1.29, 1.82) is 0 Å². The number of nitrogens with one attached hydrogen (secondary N) is 1. The first-order chi connectivity index (χ1) is 5.57. The Labute approximate surface area is 89.5 Å². The van der Waals surface area contributed by atoms with Gasteiger partial charge in [-0.05, 0) is 6.07 Å². The van der Waals surface area contributed by atoms with Gasteiger partial charge < -0.3 is 5.43 Å². The van der Waals surface area contributed by atoms with Gasteiger partial charge in [0.2, 0.25) is 0 Å². The van der Waals surface area contributed by atoms with Gasteiger partial charge in [0.15, 0.2) is 0 Å². The average Bonchev–Trinajstić information content (AvgIpc) is 2.02. The molecule has 0 heterocycles. The van der Waals surface area contributed by atoms with Crippen molar-refractivity contribution in [2.75, 3.05) is 5.43 Å². The van der Waals surface area contributed by atoms with Gasteiger partial charge in [-0.2, -0.15) is 0 Å². The highest BCUT2D eigenvalue weighted by Gasteiger charge is 2.12. The summed E-state index contributed by atoms with van der Waals surface area (Å²) < 4.78 is 0. The summed E-state index contributed by atoms with van der Waals surface area (Å²) in [6.07, 6.45) is 0. The van der Waals surface area contributed by atoms with Crippen LogP contribution in [0.4, 0.5) is 5.69 Å². The fraction of sp³-hybridized carbons (Fsp3) is 0. The largest absolute Gasteiger partial charge is 0.321 e. The van der Waals surface area contributed by atoms with E-state index in [4.69, 9.17) is 52.2 Å². The maximum absolute atomic E-state index is 5.75. The molecule has 0 saturated carbocycles. The van der Waals surface area contributed by atoms with Crippen LogP contribution in [-0.4, -0.2) is 0 Å². The lowest BCUT2D eigenvalue weighted by molar-refractivity contribution is 1.35. The molecule has 0 bridgehead atoms. The zero-order valence-electron chi connectivity index (χ0n) is 5.67. The van der Waals surface area contributed by atoms with E-state index in [1.54, 1.807) is 0 Å². The Morgan fingerprint density at radius 1 is 1.00 bits per heavy atom. The molecule has 1 rings (SSSR count). The van der Waals surface area contributed by atoms with Crippen molar-refractivity contribution in [3.8, 4) is 0 Å². The molecule has 6 heteroatoms. The summed E-state index contributed by atoms with van der Waals surface area (Å²) in [4.78, 5) is 0. The molecule has 3 N–H and O–H groups in total. The quantitative estimate of drug-likeness (QED) is 0.451. The third kappa shape index (κ3) is 1.73. The monoisotopic (exact) mass is 244 g/mol. The third-order valence-corrected chi connectivity index (χ3v) is 2.83. The van der Waals surface area contributed by atoms with Crippen molar-refractivity contribution >= 4 is 52.1 Å². The Hall–Kier alpha value is 0.140. The number of rotatable bonds is 1. The van der Waals surface area contributed by atoms with E-state index < -0.39 is 0 Å². The van der Waals surface area contributed by atoms with E-state index in [0.29, 0.717) is 15.7 Å². The van der Waals surface area contributed by atoms with E-state index >= 15 is 0 Å². The molecule has 0 aliphatic carbocycles. The fourth-order valence-electron chi connectivity index (χ4n) is 0.700. The molecule has 0 aliphatic rings. The minimum absolute atomic E-state index is 0.258. The number of nitrogen functional groups attached to an aromatic ring is 1. The average molecular weight is 246 g/mol. The molecular weight excluding hydrogens is 242 g/mol. The Balaban J connectivity index is 3.42. The zero-order chi connectivity index (χ0) is 9.30. The van der Waals surface area contributed by atoms with Gasteiger partial charge in [0, 0.05) is 0 Å². The highest BCUT2D eigenvalue weighted by Crippen LogP contribution is 2.40. The molecular formula is C6H4Cl4N2. The van der Waals surface area contributed by atoms with Crippen LogP contribution in [-0.2, 0) is 0 Å². The van der Waals surface area contributed by atoms with Crippen molar-refractivity contribution in [3.05, 3.63) is 26.2 Å². The summed E-state index contributed by atoms with van der Waals surface area (Å²) in [5.74, 6) is 5.15. The summed E-state index contributed by atoms with van der Waals surface area (Å²) in [6, 6.07) is 1.45. The summed E-state index contributed by atoms with van der Waals surface area (Å²) in [6.45, 7) is 0. The van der Waals surface area contributed by atoms with Crippen molar-refractivity contribution in [3.63, 3.8) is 0 Å². The van der Waals surface area contributed by atoms with Gasteiger partial charge >= 0.3 is 0 Å². The van der Waals surface area contributed by atoms with E-state index in [1.807, 2.05) is 0 Å². The third-order valence-electron chi connectivity index (χ3n) is 1.26. The van der Waals surface area contributed by atoms with Gasteiger partial charge in [0.05, 0.1) is 25.8 Å². The smallest absolute Gasteiger partial charge is 0.0891 e. The van der Waals surface area contributed by atoms with Gasteiger partial charge in [0.25, 0.3) is 0 Å². The molecule has 0 spiro atoms. The van der Waals surface area contributed by atoms with Gasteiger partial charge in [-0.15, -0.1) is 0 Å². The van der Waals surface area contributed by atoms with Crippen LogP contribution in [0.15, 0.2) is 6.07 Å². The molecule has 0 unspecified atom stereocenters. The van der Waals surface area contributed by atoms with Crippen LogP contribution in [0.1, 0.15) is 0 Å². The van der Waals surface area contributed by atoms with Crippen molar-refractivity contribution in [1.82, 2.24) is 0 Å². The van der Waals surface area contributed by atoms with E-state index in [0.717, 1.165) is 0 Å². The van der Waals surface area contributed by atoms with E-state index in [9.17, 15) is 0 Å². The second kappa shape index (κ2) is 3.90. The zero-order valence-corrected chi connectivity index (χ0v) is 8.69. The molecule has 0 aliphatic heterocycles. The molecule has 0 saturated heterocycles. The lowest BCUT2D eigenvalue weighted by Gasteiger charge is -2.08. The number of nitrogens with two attached hydrogens (primary N) is 1. The minimum atomic E-state index is 0.258. The van der Waals surface area contributed by atoms with Gasteiger partial charge in [-0.3, -0.25) is 5.84 Å². The van der Waals surface area contributed by atoms with Crippen LogP contribution in [0, 0.1) is 0 Å². The number of hydrogen-bond donors (Lipinski definition) is 2. The molecule has 66 valence electrons. The highest BCUT2D eigenvalue weighted by atomic mass is 35.5. The first kappa shape index (κ1) is 10.2. The van der Waals surface area contributed by atoms with Crippen molar-refractivity contribution < 1.29 is 0 Å². The molecule has 0 aromatic heterocycles. The molecule has 0 amide bonds. The SMILES string of the molecule is NNc1c(Cl)c(Cl)cc(Cl)c1Cl. The number of hydrazine groups is 1. The Morgan fingerprint density at radius 2 is 1.42 bits per heavy atom. The Bertz CT molecular complexity index is 287. The van der Waals surface area contributed by atoms with Crippen LogP contribution in [0.25, 0.3) is 0 Å². The van der Waals surface area contributed by atoms with Crippen LogP contribution in [0.2, 0.25) is 20.1 Å². The van der Waals surface area contributed by atoms with Gasteiger partial charge in [-0.25, -0.2) is 0 Å². The molecule has 0 radical (unpaired) electrons. The van der Waals surface area contributed by atoms with E-state index in [2.05, 4.69) is 5.43 Å². The number of benzene rings is 1. The van der Waals surface area contributed by atoms with Crippen LogP contribution < -0.4 is 11.3 Å². The Kier molecular flexibility index (Phi) is 3.32. The molecule has 2 nitrogen and oxygen atoms in total. The Morgan fingerprint density at radius 3 is 1.75 bits per heavy atom. The number of hydrogen-bond acceptors (Lipinski definition) is 2. The molecule has 0 fully saturated rings. The summed E-state index contributed by atoms with van der Waals surface area (Å²) in [7, 11) is 0.